The molecule has 3 heteroatoms. The number of fused-ring (bicyclic) bond motifs is 1. The van der Waals surface area contributed by atoms with Gasteiger partial charge in [0.1, 0.15) is 0 Å². The van der Waals surface area contributed by atoms with E-state index >= 15 is 0 Å². The van der Waals surface area contributed by atoms with Crippen molar-refractivity contribution in [3.05, 3.63) is 59.4 Å². The fourth-order valence-corrected chi connectivity index (χ4v) is 2.55. The van der Waals surface area contributed by atoms with E-state index < -0.39 is 0 Å². The van der Waals surface area contributed by atoms with Crippen molar-refractivity contribution in [2.75, 3.05) is 6.54 Å². The third kappa shape index (κ3) is 1.97. The van der Waals surface area contributed by atoms with Gasteiger partial charge in [-0.3, -0.25) is 9.69 Å². The number of carbonyl (C=O) groups excluding carboxylic acids is 1. The summed E-state index contributed by atoms with van der Waals surface area (Å²) in [5, 5.41) is 0. The third-order valence-corrected chi connectivity index (χ3v) is 3.50. The van der Waals surface area contributed by atoms with E-state index in [0.717, 1.165) is 18.8 Å². The van der Waals surface area contributed by atoms with Gasteiger partial charge in [-0.15, -0.1) is 0 Å². The van der Waals surface area contributed by atoms with Crippen molar-refractivity contribution in [2.45, 2.75) is 13.1 Å². The van der Waals surface area contributed by atoms with Gasteiger partial charge in [-0.2, -0.15) is 0 Å². The van der Waals surface area contributed by atoms with Gasteiger partial charge in [0.05, 0.1) is 12.2 Å². The summed E-state index contributed by atoms with van der Waals surface area (Å²) >= 11 is 0. The SMILES string of the molecule is Cn1cccc1C(=O)CN1Cc2ccccc2C1. The minimum Gasteiger partial charge on any atom is -0.348 e. The van der Waals surface area contributed by atoms with Crippen LogP contribution in [0.25, 0.3) is 0 Å². The number of carbonyl (C=O) groups is 1. The summed E-state index contributed by atoms with van der Waals surface area (Å²) in [6.07, 6.45) is 1.91. The first-order chi connectivity index (χ1) is 8.74. The Morgan fingerprint density at radius 2 is 1.78 bits per heavy atom. The highest BCUT2D eigenvalue weighted by molar-refractivity contribution is 5.96. The first kappa shape index (κ1) is 11.2. The van der Waals surface area contributed by atoms with Crippen molar-refractivity contribution in [2.24, 2.45) is 7.05 Å². The molecule has 1 aliphatic rings. The predicted molar refractivity (Wildman–Crippen MR) is 70.3 cm³/mol. The molecule has 18 heavy (non-hydrogen) atoms. The summed E-state index contributed by atoms with van der Waals surface area (Å²) in [7, 11) is 1.91. The highest BCUT2D eigenvalue weighted by atomic mass is 16.1. The molecule has 0 saturated heterocycles. The van der Waals surface area contributed by atoms with Crippen LogP contribution in [0.2, 0.25) is 0 Å². The van der Waals surface area contributed by atoms with Crippen molar-refractivity contribution in [3.63, 3.8) is 0 Å². The number of hydrogen-bond acceptors (Lipinski definition) is 2. The standard InChI is InChI=1S/C15H16N2O/c1-16-8-4-7-14(16)15(18)11-17-9-12-5-2-3-6-13(12)10-17/h2-8H,9-11H2,1H3. The number of Topliss-reactive ketones (excluding diaryl/α,β-unsaturated/α-hetero) is 1. The van der Waals surface area contributed by atoms with Crippen molar-refractivity contribution in [1.82, 2.24) is 9.47 Å². The second kappa shape index (κ2) is 4.42. The maximum absolute atomic E-state index is 12.2. The molecular formula is C15H16N2O. The number of benzene rings is 1. The molecule has 1 aromatic heterocycles. The van der Waals surface area contributed by atoms with E-state index in [9.17, 15) is 4.79 Å². The molecule has 0 spiro atoms. The lowest BCUT2D eigenvalue weighted by molar-refractivity contribution is 0.0921. The third-order valence-electron chi connectivity index (χ3n) is 3.50. The van der Waals surface area contributed by atoms with Crippen molar-refractivity contribution in [1.29, 1.82) is 0 Å². The van der Waals surface area contributed by atoms with E-state index in [-0.39, 0.29) is 5.78 Å². The van der Waals surface area contributed by atoms with E-state index in [2.05, 4.69) is 29.2 Å². The van der Waals surface area contributed by atoms with Gasteiger partial charge >= 0.3 is 0 Å². The fraction of sp³-hybridized carbons (Fsp3) is 0.267. The van der Waals surface area contributed by atoms with Crippen LogP contribution in [-0.4, -0.2) is 21.8 Å². The summed E-state index contributed by atoms with van der Waals surface area (Å²) in [6.45, 7) is 2.26. The van der Waals surface area contributed by atoms with Gasteiger partial charge in [-0.25, -0.2) is 0 Å². The number of rotatable bonds is 3. The zero-order valence-corrected chi connectivity index (χ0v) is 10.5. The second-order valence-electron chi connectivity index (χ2n) is 4.84. The fourth-order valence-electron chi connectivity index (χ4n) is 2.55. The minimum absolute atomic E-state index is 0.190. The van der Waals surface area contributed by atoms with Gasteiger partial charge in [0.25, 0.3) is 0 Å². The molecule has 0 atom stereocenters. The quantitative estimate of drug-likeness (QED) is 0.769. The number of ketones is 1. The zero-order valence-electron chi connectivity index (χ0n) is 10.5. The Labute approximate surface area is 107 Å². The first-order valence-corrected chi connectivity index (χ1v) is 6.18. The first-order valence-electron chi connectivity index (χ1n) is 6.18. The molecule has 92 valence electrons. The summed E-state index contributed by atoms with van der Waals surface area (Å²) in [4.78, 5) is 14.4. The number of nitrogens with zero attached hydrogens (tertiary/aromatic N) is 2. The van der Waals surface area contributed by atoms with Crippen LogP contribution in [0, 0.1) is 0 Å². The van der Waals surface area contributed by atoms with E-state index in [1.165, 1.54) is 11.1 Å². The van der Waals surface area contributed by atoms with Gasteiger partial charge < -0.3 is 4.57 Å². The van der Waals surface area contributed by atoms with Gasteiger partial charge in [0.2, 0.25) is 0 Å². The predicted octanol–water partition coefficient (Wildman–Crippen LogP) is 2.22. The molecule has 0 unspecified atom stereocenters. The summed E-state index contributed by atoms with van der Waals surface area (Å²) in [5.74, 6) is 0.190. The van der Waals surface area contributed by atoms with Crippen LogP contribution in [0.3, 0.4) is 0 Å². The Bertz CT molecular complexity index is 561. The number of aryl methyl sites for hydroxylation is 1. The van der Waals surface area contributed by atoms with E-state index in [0.29, 0.717) is 6.54 Å². The Kier molecular flexibility index (Phi) is 2.76. The average Bonchev–Trinajstić information content (AvgIpc) is 2.94. The number of aromatic nitrogens is 1. The minimum atomic E-state index is 0.190. The molecule has 1 aliphatic heterocycles. The average molecular weight is 240 g/mol. The van der Waals surface area contributed by atoms with Gasteiger partial charge in [-0.05, 0) is 23.3 Å². The molecule has 3 rings (SSSR count). The lowest BCUT2D eigenvalue weighted by atomic mass is 10.1. The molecule has 0 N–H and O–H groups in total. The van der Waals surface area contributed by atoms with Crippen molar-refractivity contribution in [3.8, 4) is 0 Å². The molecule has 0 saturated carbocycles. The van der Waals surface area contributed by atoms with Crippen LogP contribution in [-0.2, 0) is 20.1 Å². The highest BCUT2D eigenvalue weighted by Gasteiger charge is 2.21. The van der Waals surface area contributed by atoms with Gasteiger partial charge in [0.15, 0.2) is 5.78 Å². The van der Waals surface area contributed by atoms with Crippen LogP contribution in [0.4, 0.5) is 0 Å². The smallest absolute Gasteiger partial charge is 0.193 e. The molecule has 1 aromatic carbocycles. The topological polar surface area (TPSA) is 25.2 Å². The van der Waals surface area contributed by atoms with Crippen LogP contribution in [0.15, 0.2) is 42.6 Å². The zero-order chi connectivity index (χ0) is 12.5. The normalized spacial score (nSPS) is 14.7. The van der Waals surface area contributed by atoms with Crippen LogP contribution in [0.1, 0.15) is 21.6 Å². The monoisotopic (exact) mass is 240 g/mol. The highest BCUT2D eigenvalue weighted by Crippen LogP contribution is 2.22. The Morgan fingerprint density at radius 3 is 2.33 bits per heavy atom. The Balaban J connectivity index is 1.70. The molecule has 3 nitrogen and oxygen atoms in total. The van der Waals surface area contributed by atoms with Gasteiger partial charge in [-0.1, -0.05) is 24.3 Å². The molecule has 0 bridgehead atoms. The second-order valence-corrected chi connectivity index (χ2v) is 4.84. The van der Waals surface area contributed by atoms with Crippen molar-refractivity contribution >= 4 is 5.78 Å². The van der Waals surface area contributed by atoms with Crippen LogP contribution < -0.4 is 0 Å². The largest absolute Gasteiger partial charge is 0.348 e. The van der Waals surface area contributed by atoms with Crippen LogP contribution >= 0.6 is 0 Å². The molecule has 0 fully saturated rings. The Hall–Kier alpha value is -1.87. The molecule has 2 aromatic rings. The van der Waals surface area contributed by atoms with E-state index in [1.807, 2.05) is 29.9 Å². The van der Waals surface area contributed by atoms with Crippen LogP contribution in [0.5, 0.6) is 0 Å². The van der Waals surface area contributed by atoms with Crippen molar-refractivity contribution < 1.29 is 4.79 Å². The van der Waals surface area contributed by atoms with E-state index in [4.69, 9.17) is 0 Å². The summed E-state index contributed by atoms with van der Waals surface area (Å²) in [6, 6.07) is 12.2. The summed E-state index contributed by atoms with van der Waals surface area (Å²) < 4.78 is 1.88. The maximum Gasteiger partial charge on any atom is 0.193 e. The maximum atomic E-state index is 12.2. The molecule has 0 amide bonds. The molecular weight excluding hydrogens is 224 g/mol. The van der Waals surface area contributed by atoms with Gasteiger partial charge in [0, 0.05) is 26.3 Å². The molecule has 2 heterocycles. The molecule has 0 aliphatic carbocycles. The number of hydrogen-bond donors (Lipinski definition) is 0. The molecule has 0 radical (unpaired) electrons. The lowest BCUT2D eigenvalue weighted by Crippen LogP contribution is -2.25. The lowest BCUT2D eigenvalue weighted by Gasteiger charge is -2.13. The Morgan fingerprint density at radius 1 is 1.11 bits per heavy atom. The van der Waals surface area contributed by atoms with E-state index in [1.54, 1.807) is 0 Å². The summed E-state index contributed by atoms with van der Waals surface area (Å²) in [5.41, 5.74) is 3.47.